The van der Waals surface area contributed by atoms with Crippen LogP contribution in [0.15, 0.2) is 66.7 Å². The molecule has 3 aromatic rings. The normalized spacial score (nSPS) is 13.0. The van der Waals surface area contributed by atoms with E-state index in [0.29, 0.717) is 11.6 Å². The molecule has 0 aliphatic carbocycles. The van der Waals surface area contributed by atoms with Crippen molar-refractivity contribution in [3.05, 3.63) is 72.3 Å². The van der Waals surface area contributed by atoms with E-state index >= 15 is 0 Å². The standard InChI is InChI=1S/C30H39NO4/c1-21(33-19-20-34-28(32)31-22-13-9-8-10-14-22)35-26-18-12-15-23-24(26)16-11-17-25(23)27(29(2,3)4)30(5,6)7/h8-18,21,27H,19-20H2,1-7H3,(H,31,32). The van der Waals surface area contributed by atoms with Crippen LogP contribution in [0.3, 0.4) is 0 Å². The Morgan fingerprint density at radius 1 is 0.800 bits per heavy atom. The Balaban J connectivity index is 1.64. The van der Waals surface area contributed by atoms with Gasteiger partial charge in [-0.1, -0.05) is 90.1 Å². The van der Waals surface area contributed by atoms with E-state index in [-0.39, 0.29) is 24.0 Å². The summed E-state index contributed by atoms with van der Waals surface area (Å²) in [6.45, 7) is 16.0. The van der Waals surface area contributed by atoms with Crippen LogP contribution in [0.2, 0.25) is 0 Å². The molecule has 0 bridgehead atoms. The zero-order valence-corrected chi connectivity index (χ0v) is 22.1. The number of nitrogens with one attached hydrogen (secondary N) is 1. The van der Waals surface area contributed by atoms with Gasteiger partial charge in [0.2, 0.25) is 0 Å². The first-order valence-electron chi connectivity index (χ1n) is 12.3. The quantitative estimate of drug-likeness (QED) is 0.264. The van der Waals surface area contributed by atoms with Crippen LogP contribution in [0.5, 0.6) is 5.75 Å². The molecule has 35 heavy (non-hydrogen) atoms. The van der Waals surface area contributed by atoms with Gasteiger partial charge in [-0.3, -0.25) is 5.32 Å². The maximum Gasteiger partial charge on any atom is 0.411 e. The Labute approximate surface area is 209 Å². The van der Waals surface area contributed by atoms with Crippen molar-refractivity contribution in [2.24, 2.45) is 10.8 Å². The number of rotatable bonds is 8. The Morgan fingerprint density at radius 3 is 2.09 bits per heavy atom. The molecule has 0 saturated carbocycles. The van der Waals surface area contributed by atoms with Crippen molar-refractivity contribution in [1.29, 1.82) is 0 Å². The largest absolute Gasteiger partial charge is 0.465 e. The van der Waals surface area contributed by atoms with Gasteiger partial charge in [-0.05, 0) is 52.8 Å². The first-order chi connectivity index (χ1) is 16.5. The van der Waals surface area contributed by atoms with Gasteiger partial charge in [0.1, 0.15) is 12.4 Å². The number of carbonyl (C=O) groups is 1. The van der Waals surface area contributed by atoms with Crippen LogP contribution in [0, 0.1) is 10.8 Å². The minimum Gasteiger partial charge on any atom is -0.465 e. The molecule has 0 aliphatic rings. The van der Waals surface area contributed by atoms with E-state index in [1.165, 1.54) is 10.9 Å². The molecule has 0 spiro atoms. The highest BCUT2D eigenvalue weighted by molar-refractivity contribution is 5.91. The van der Waals surface area contributed by atoms with Gasteiger partial charge in [0.25, 0.3) is 0 Å². The fraction of sp³-hybridized carbons (Fsp3) is 0.433. The summed E-state index contributed by atoms with van der Waals surface area (Å²) in [4.78, 5) is 11.9. The molecule has 5 heteroatoms. The average Bonchev–Trinajstić information content (AvgIpc) is 2.76. The number of carbonyl (C=O) groups excluding carboxylic acids is 1. The number of ether oxygens (including phenoxy) is 3. The van der Waals surface area contributed by atoms with Gasteiger partial charge in [-0.15, -0.1) is 0 Å². The van der Waals surface area contributed by atoms with Gasteiger partial charge < -0.3 is 14.2 Å². The molecule has 5 nitrogen and oxygen atoms in total. The second kappa shape index (κ2) is 11.1. The minimum absolute atomic E-state index is 0.104. The Kier molecular flexibility index (Phi) is 8.44. The lowest BCUT2D eigenvalue weighted by Crippen LogP contribution is -2.30. The van der Waals surface area contributed by atoms with Crippen LogP contribution in [0.4, 0.5) is 10.5 Å². The molecule has 3 rings (SSSR count). The summed E-state index contributed by atoms with van der Waals surface area (Å²) in [5.41, 5.74) is 2.23. The van der Waals surface area contributed by atoms with Crippen LogP contribution in [0.25, 0.3) is 10.8 Å². The average molecular weight is 478 g/mol. The van der Waals surface area contributed by atoms with Gasteiger partial charge in [0.15, 0.2) is 6.29 Å². The smallest absolute Gasteiger partial charge is 0.411 e. The monoisotopic (exact) mass is 477 g/mol. The third-order valence-corrected chi connectivity index (χ3v) is 5.94. The fourth-order valence-corrected chi connectivity index (χ4v) is 5.13. The molecule has 188 valence electrons. The maximum atomic E-state index is 11.9. The third kappa shape index (κ3) is 7.22. The molecule has 0 radical (unpaired) electrons. The van der Waals surface area contributed by atoms with Crippen molar-refractivity contribution in [3.63, 3.8) is 0 Å². The molecule has 0 saturated heterocycles. The number of para-hydroxylation sites is 1. The molecule has 0 heterocycles. The summed E-state index contributed by atoms with van der Waals surface area (Å²) in [6, 6.07) is 21.8. The first kappa shape index (κ1) is 26.6. The van der Waals surface area contributed by atoms with Gasteiger partial charge in [-0.25, -0.2) is 4.79 Å². The SMILES string of the molecule is CC(OCCOC(=O)Nc1ccccc1)Oc1cccc2c(C(C(C)(C)C)C(C)(C)C)cccc12. The number of amides is 1. The zero-order valence-electron chi connectivity index (χ0n) is 22.1. The minimum atomic E-state index is -0.512. The molecular formula is C30H39NO4. The lowest BCUT2D eigenvalue weighted by Gasteiger charge is -2.42. The number of hydrogen-bond donors (Lipinski definition) is 1. The van der Waals surface area contributed by atoms with E-state index in [9.17, 15) is 4.79 Å². The van der Waals surface area contributed by atoms with Crippen molar-refractivity contribution in [2.45, 2.75) is 60.7 Å². The van der Waals surface area contributed by atoms with E-state index in [4.69, 9.17) is 14.2 Å². The molecule has 0 aromatic heterocycles. The van der Waals surface area contributed by atoms with Crippen molar-refractivity contribution in [3.8, 4) is 5.75 Å². The molecule has 3 aromatic carbocycles. The van der Waals surface area contributed by atoms with Gasteiger partial charge in [-0.2, -0.15) is 0 Å². The van der Waals surface area contributed by atoms with E-state index in [2.05, 4.69) is 71.1 Å². The summed E-state index contributed by atoms with van der Waals surface area (Å²) in [5, 5.41) is 4.95. The highest BCUT2D eigenvalue weighted by atomic mass is 16.7. The molecule has 1 N–H and O–H groups in total. The highest BCUT2D eigenvalue weighted by Gasteiger charge is 2.37. The second-order valence-corrected chi connectivity index (χ2v) is 11.0. The van der Waals surface area contributed by atoms with Gasteiger partial charge in [0, 0.05) is 11.1 Å². The molecule has 0 aliphatic heterocycles. The Morgan fingerprint density at radius 2 is 1.43 bits per heavy atom. The predicted molar refractivity (Wildman–Crippen MR) is 143 cm³/mol. The Hall–Kier alpha value is -3.05. The lowest BCUT2D eigenvalue weighted by atomic mass is 9.63. The second-order valence-electron chi connectivity index (χ2n) is 11.0. The number of hydrogen-bond acceptors (Lipinski definition) is 4. The molecule has 1 atom stereocenters. The van der Waals surface area contributed by atoms with Crippen LogP contribution in [0.1, 0.15) is 59.9 Å². The van der Waals surface area contributed by atoms with Crippen LogP contribution >= 0.6 is 0 Å². The van der Waals surface area contributed by atoms with E-state index in [1.54, 1.807) is 12.1 Å². The molecule has 1 amide bonds. The fourth-order valence-electron chi connectivity index (χ4n) is 5.13. The number of benzene rings is 3. The predicted octanol–water partition coefficient (Wildman–Crippen LogP) is 8.01. The van der Waals surface area contributed by atoms with Crippen LogP contribution in [-0.4, -0.2) is 25.6 Å². The van der Waals surface area contributed by atoms with Crippen molar-refractivity contribution >= 4 is 22.6 Å². The van der Waals surface area contributed by atoms with E-state index in [1.807, 2.05) is 37.3 Å². The summed E-state index contributed by atoms with van der Waals surface area (Å²) >= 11 is 0. The zero-order chi connectivity index (χ0) is 25.6. The van der Waals surface area contributed by atoms with Crippen LogP contribution in [-0.2, 0) is 9.47 Å². The van der Waals surface area contributed by atoms with Crippen molar-refractivity contribution in [2.75, 3.05) is 18.5 Å². The van der Waals surface area contributed by atoms with E-state index in [0.717, 1.165) is 11.1 Å². The first-order valence-corrected chi connectivity index (χ1v) is 12.3. The summed E-state index contributed by atoms with van der Waals surface area (Å²) < 4.78 is 17.1. The third-order valence-electron chi connectivity index (χ3n) is 5.94. The van der Waals surface area contributed by atoms with Crippen molar-refractivity contribution in [1.82, 2.24) is 0 Å². The topological polar surface area (TPSA) is 56.8 Å². The molecule has 1 unspecified atom stereocenters. The number of anilines is 1. The van der Waals surface area contributed by atoms with E-state index < -0.39 is 12.4 Å². The van der Waals surface area contributed by atoms with Crippen LogP contribution < -0.4 is 10.1 Å². The van der Waals surface area contributed by atoms with Crippen molar-refractivity contribution < 1.29 is 19.0 Å². The van der Waals surface area contributed by atoms with Gasteiger partial charge in [0.05, 0.1) is 6.61 Å². The lowest BCUT2D eigenvalue weighted by molar-refractivity contribution is -0.0757. The summed E-state index contributed by atoms with van der Waals surface area (Å²) in [5.74, 6) is 1.14. The number of fused-ring (bicyclic) bond motifs is 1. The highest BCUT2D eigenvalue weighted by Crippen LogP contribution is 2.49. The molecular weight excluding hydrogens is 438 g/mol. The maximum absolute atomic E-state index is 11.9. The molecule has 0 fully saturated rings. The summed E-state index contributed by atoms with van der Waals surface area (Å²) in [7, 11) is 0. The Bertz CT molecular complexity index is 1100. The van der Waals surface area contributed by atoms with Gasteiger partial charge >= 0.3 is 6.09 Å². The summed E-state index contributed by atoms with van der Waals surface area (Å²) in [6.07, 6.45) is -1.01.